The summed E-state index contributed by atoms with van der Waals surface area (Å²) in [4.78, 5) is 10.6. The molecule has 19 heavy (non-hydrogen) atoms. The molecule has 1 aromatic rings. The van der Waals surface area contributed by atoms with Crippen LogP contribution in [0.15, 0.2) is 18.2 Å². The molecule has 1 saturated carbocycles. The highest BCUT2D eigenvalue weighted by atomic mass is 16.6. The number of rotatable bonds is 6. The number of hydrogen-bond acceptors (Lipinski definition) is 4. The summed E-state index contributed by atoms with van der Waals surface area (Å²) in [6.07, 6.45) is 3.12. The minimum absolute atomic E-state index is 0.00658. The summed E-state index contributed by atoms with van der Waals surface area (Å²) in [7, 11) is 0. The van der Waals surface area contributed by atoms with E-state index in [1.165, 1.54) is 0 Å². The van der Waals surface area contributed by atoms with Crippen molar-refractivity contribution in [1.82, 2.24) is 0 Å². The molecule has 0 unspecified atom stereocenters. The zero-order valence-corrected chi connectivity index (χ0v) is 10.9. The fourth-order valence-electron chi connectivity index (χ4n) is 2.00. The van der Waals surface area contributed by atoms with Gasteiger partial charge in [0.2, 0.25) is 0 Å². The molecule has 0 radical (unpaired) electrons. The average molecular weight is 260 g/mol. The van der Waals surface area contributed by atoms with Gasteiger partial charge in [-0.25, -0.2) is 0 Å². The monoisotopic (exact) mass is 260 g/mol. The van der Waals surface area contributed by atoms with Crippen molar-refractivity contribution in [2.45, 2.75) is 32.6 Å². The summed E-state index contributed by atoms with van der Waals surface area (Å²) in [5.41, 5.74) is 0.843. The number of nitro benzene ring substituents is 1. The fourth-order valence-corrected chi connectivity index (χ4v) is 2.00. The molecule has 0 N–H and O–H groups in total. The zero-order chi connectivity index (χ0) is 13.9. The Balaban J connectivity index is 2.12. The maximum atomic E-state index is 11.0. The molecule has 2 rings (SSSR count). The van der Waals surface area contributed by atoms with E-state index in [0.29, 0.717) is 18.8 Å². The lowest BCUT2D eigenvalue weighted by molar-refractivity contribution is -0.386. The molecule has 0 amide bonds. The molecule has 1 aliphatic carbocycles. The first-order valence-corrected chi connectivity index (χ1v) is 6.37. The molecule has 100 valence electrons. The summed E-state index contributed by atoms with van der Waals surface area (Å²) in [5.74, 6) is 0.298. The molecule has 5 heteroatoms. The molecule has 1 aromatic carbocycles. The largest absolute Gasteiger partial charge is 0.486 e. The first-order valence-electron chi connectivity index (χ1n) is 6.37. The van der Waals surface area contributed by atoms with Gasteiger partial charge in [-0.15, -0.1) is 0 Å². The van der Waals surface area contributed by atoms with Crippen molar-refractivity contribution in [1.29, 1.82) is 5.26 Å². The second-order valence-corrected chi connectivity index (χ2v) is 5.04. The van der Waals surface area contributed by atoms with E-state index in [4.69, 9.17) is 10.00 Å². The van der Waals surface area contributed by atoms with Gasteiger partial charge in [0.1, 0.15) is 0 Å². The van der Waals surface area contributed by atoms with E-state index in [2.05, 4.69) is 6.07 Å². The van der Waals surface area contributed by atoms with E-state index in [1.807, 2.05) is 13.0 Å². The average Bonchev–Trinajstić information content (AvgIpc) is 3.17. The molecule has 0 bridgehead atoms. The van der Waals surface area contributed by atoms with Crippen molar-refractivity contribution < 1.29 is 9.66 Å². The fraction of sp³-hybridized carbons (Fsp3) is 0.500. The summed E-state index contributed by atoms with van der Waals surface area (Å²) < 4.78 is 5.59. The van der Waals surface area contributed by atoms with Crippen molar-refractivity contribution >= 4 is 5.69 Å². The van der Waals surface area contributed by atoms with E-state index >= 15 is 0 Å². The minimum atomic E-state index is -0.418. The van der Waals surface area contributed by atoms with Crippen molar-refractivity contribution in [2.24, 2.45) is 5.41 Å². The minimum Gasteiger partial charge on any atom is -0.486 e. The number of ether oxygens (including phenoxy) is 1. The molecule has 0 saturated heterocycles. The van der Waals surface area contributed by atoms with Crippen molar-refractivity contribution in [2.75, 3.05) is 6.61 Å². The molecule has 5 nitrogen and oxygen atoms in total. The van der Waals surface area contributed by atoms with E-state index in [1.54, 1.807) is 12.1 Å². The van der Waals surface area contributed by atoms with Crippen molar-refractivity contribution in [3.63, 3.8) is 0 Å². The summed E-state index contributed by atoms with van der Waals surface area (Å²) >= 11 is 0. The van der Waals surface area contributed by atoms with Crippen LogP contribution in [0.4, 0.5) is 5.69 Å². The van der Waals surface area contributed by atoms with E-state index in [-0.39, 0.29) is 11.1 Å². The van der Waals surface area contributed by atoms with Gasteiger partial charge in [0, 0.05) is 17.9 Å². The van der Waals surface area contributed by atoms with Crippen LogP contribution in [-0.4, -0.2) is 11.5 Å². The van der Waals surface area contributed by atoms with Crippen molar-refractivity contribution in [3.8, 4) is 11.8 Å². The van der Waals surface area contributed by atoms with Crippen LogP contribution in [0.2, 0.25) is 0 Å². The number of nitriles is 1. The van der Waals surface area contributed by atoms with Gasteiger partial charge in [-0.05, 0) is 30.9 Å². The Morgan fingerprint density at radius 1 is 1.53 bits per heavy atom. The topological polar surface area (TPSA) is 76.2 Å². The zero-order valence-electron chi connectivity index (χ0n) is 10.9. The Morgan fingerprint density at radius 2 is 2.26 bits per heavy atom. The SMILES string of the molecule is CCc1ccc(OCC2(CC#N)CC2)c([N+](=O)[O-])c1. The molecule has 0 aromatic heterocycles. The van der Waals surface area contributed by atoms with Crippen LogP contribution < -0.4 is 4.74 Å². The normalized spacial score (nSPS) is 15.6. The molecule has 0 heterocycles. The third-order valence-electron chi connectivity index (χ3n) is 3.57. The number of nitro groups is 1. The quantitative estimate of drug-likeness (QED) is 0.581. The van der Waals surface area contributed by atoms with Gasteiger partial charge in [0.15, 0.2) is 5.75 Å². The number of nitrogens with zero attached hydrogens (tertiary/aromatic N) is 2. The lowest BCUT2D eigenvalue weighted by Crippen LogP contribution is -2.13. The van der Waals surface area contributed by atoms with Crippen LogP contribution in [0.25, 0.3) is 0 Å². The Hall–Kier alpha value is -2.09. The Labute approximate surface area is 112 Å². The van der Waals surface area contributed by atoms with Gasteiger partial charge in [0.05, 0.1) is 17.6 Å². The third kappa shape index (κ3) is 3.02. The highest BCUT2D eigenvalue weighted by molar-refractivity contribution is 5.48. The molecule has 0 aliphatic heterocycles. The number of hydrogen-bond donors (Lipinski definition) is 0. The van der Waals surface area contributed by atoms with Gasteiger partial charge >= 0.3 is 5.69 Å². The molecule has 1 aliphatic rings. The number of aryl methyl sites for hydroxylation is 1. The maximum Gasteiger partial charge on any atom is 0.311 e. The molecule has 0 atom stereocenters. The summed E-state index contributed by atoms with van der Waals surface area (Å²) in [6.45, 7) is 2.33. The van der Waals surface area contributed by atoms with Crippen LogP contribution in [0.3, 0.4) is 0 Å². The highest BCUT2D eigenvalue weighted by Gasteiger charge is 2.43. The Bertz CT molecular complexity index is 530. The first-order chi connectivity index (χ1) is 9.10. The third-order valence-corrected chi connectivity index (χ3v) is 3.57. The standard InChI is InChI=1S/C14H16N2O3/c1-2-11-3-4-13(12(9-11)16(17)18)19-10-14(5-6-14)7-8-15/h3-4,9H,2,5-7,10H2,1H3. The first kappa shape index (κ1) is 13.3. The van der Waals surface area contributed by atoms with Crippen LogP contribution in [0, 0.1) is 26.9 Å². The van der Waals surface area contributed by atoms with Crippen molar-refractivity contribution in [3.05, 3.63) is 33.9 Å². The van der Waals surface area contributed by atoms with E-state index < -0.39 is 4.92 Å². The lowest BCUT2D eigenvalue weighted by atomic mass is 10.1. The molecule has 0 spiro atoms. The van der Waals surface area contributed by atoms with Gasteiger partial charge in [-0.3, -0.25) is 10.1 Å². The van der Waals surface area contributed by atoms with Gasteiger partial charge in [-0.1, -0.05) is 13.0 Å². The van der Waals surface area contributed by atoms with Gasteiger partial charge in [-0.2, -0.15) is 5.26 Å². The number of benzene rings is 1. The maximum absolute atomic E-state index is 11.0. The van der Waals surface area contributed by atoms with E-state index in [0.717, 1.165) is 24.8 Å². The summed E-state index contributed by atoms with van der Waals surface area (Å²) in [5, 5.41) is 19.8. The molecular weight excluding hydrogens is 244 g/mol. The predicted octanol–water partition coefficient (Wildman–Crippen LogP) is 3.23. The molecule has 1 fully saturated rings. The second-order valence-electron chi connectivity index (χ2n) is 5.04. The van der Waals surface area contributed by atoms with Gasteiger partial charge in [0.25, 0.3) is 0 Å². The molecular formula is C14H16N2O3. The van der Waals surface area contributed by atoms with Crippen LogP contribution >= 0.6 is 0 Å². The highest BCUT2D eigenvalue weighted by Crippen LogP contribution is 2.49. The van der Waals surface area contributed by atoms with Crippen LogP contribution in [-0.2, 0) is 6.42 Å². The predicted molar refractivity (Wildman–Crippen MR) is 69.9 cm³/mol. The van der Waals surface area contributed by atoms with Crippen LogP contribution in [0.1, 0.15) is 31.7 Å². The Kier molecular flexibility index (Phi) is 3.70. The smallest absolute Gasteiger partial charge is 0.311 e. The Morgan fingerprint density at radius 3 is 2.79 bits per heavy atom. The summed E-state index contributed by atoms with van der Waals surface area (Å²) in [6, 6.07) is 7.19. The van der Waals surface area contributed by atoms with Gasteiger partial charge < -0.3 is 4.74 Å². The van der Waals surface area contributed by atoms with E-state index in [9.17, 15) is 10.1 Å². The lowest BCUT2D eigenvalue weighted by Gasteiger charge is -2.13. The van der Waals surface area contributed by atoms with Crippen LogP contribution in [0.5, 0.6) is 5.75 Å². The second kappa shape index (κ2) is 5.27.